The number of ether oxygens (including phenoxy) is 2. The number of hydrogen-bond acceptors (Lipinski definition) is 3. The molecular weight excluding hydrogens is 273 g/mol. The molecule has 0 aliphatic heterocycles. The molecule has 0 saturated carbocycles. The molecule has 0 saturated heterocycles. The van der Waals surface area contributed by atoms with E-state index in [9.17, 15) is 18.0 Å². The monoisotopic (exact) mass is 282 g/mol. The van der Waals surface area contributed by atoms with Crippen molar-refractivity contribution in [3.8, 4) is 11.5 Å². The number of ketones is 1. The molecule has 0 fully saturated rings. The van der Waals surface area contributed by atoms with Gasteiger partial charge in [-0.15, -0.1) is 24.8 Å². The van der Waals surface area contributed by atoms with Gasteiger partial charge in [0, 0.05) is 0 Å². The third-order valence-electron chi connectivity index (χ3n) is 1.91. The number of alkyl halides is 4. The summed E-state index contributed by atoms with van der Waals surface area (Å²) >= 11 is 5.36. The van der Waals surface area contributed by atoms with E-state index in [2.05, 4.69) is 4.74 Å². The summed E-state index contributed by atoms with van der Waals surface area (Å²) in [6.07, 6.45) is -4.88. The van der Waals surface area contributed by atoms with Gasteiger partial charge in [-0.2, -0.15) is 0 Å². The van der Waals surface area contributed by atoms with E-state index in [1.807, 2.05) is 0 Å². The summed E-state index contributed by atoms with van der Waals surface area (Å²) in [5, 5.41) is 0. The van der Waals surface area contributed by atoms with Crippen LogP contribution in [0.15, 0.2) is 18.2 Å². The van der Waals surface area contributed by atoms with Crippen molar-refractivity contribution in [2.75, 3.05) is 12.5 Å². The second kappa shape index (κ2) is 5.95. The van der Waals surface area contributed by atoms with Gasteiger partial charge in [0.05, 0.1) is 12.5 Å². The number of carbonyl (C=O) groups excluding carboxylic acids is 1. The van der Waals surface area contributed by atoms with Crippen LogP contribution in [-0.2, 0) is 0 Å². The molecule has 1 rings (SSSR count). The number of Topliss-reactive ketones (excluding diaryl/α,β-unsaturated/α-hetero) is 1. The molecular formula is C11H10ClF3O3. The maximum atomic E-state index is 12.2. The van der Waals surface area contributed by atoms with Crippen molar-refractivity contribution in [3.63, 3.8) is 0 Å². The molecule has 1 aromatic rings. The summed E-state index contributed by atoms with van der Waals surface area (Å²) in [5.41, 5.74) is -0.299. The number of hydrogen-bond donors (Lipinski definition) is 0. The van der Waals surface area contributed by atoms with Gasteiger partial charge in [-0.3, -0.25) is 4.79 Å². The highest BCUT2D eigenvalue weighted by Gasteiger charge is 2.33. The Morgan fingerprint density at radius 2 is 1.94 bits per heavy atom. The molecule has 0 atom stereocenters. The van der Waals surface area contributed by atoms with Gasteiger partial charge >= 0.3 is 6.36 Å². The van der Waals surface area contributed by atoms with Crippen molar-refractivity contribution < 1.29 is 27.4 Å². The second-order valence-electron chi connectivity index (χ2n) is 3.17. The third-order valence-corrected chi connectivity index (χ3v) is 2.16. The zero-order valence-electron chi connectivity index (χ0n) is 9.38. The summed E-state index contributed by atoms with van der Waals surface area (Å²) in [5.74, 6) is -1.75. The van der Waals surface area contributed by atoms with E-state index < -0.39 is 23.8 Å². The summed E-state index contributed by atoms with van der Waals surface area (Å²) < 4.78 is 45.5. The highest BCUT2D eigenvalue weighted by Crippen LogP contribution is 2.33. The zero-order chi connectivity index (χ0) is 13.8. The van der Waals surface area contributed by atoms with Crippen molar-refractivity contribution in [1.29, 1.82) is 0 Å². The Balaban J connectivity index is 3.23. The first kappa shape index (κ1) is 14.6. The van der Waals surface area contributed by atoms with Crippen LogP contribution in [0.1, 0.15) is 17.3 Å². The molecule has 0 spiro atoms. The minimum Gasteiger partial charge on any atom is -0.493 e. The number of rotatable bonds is 5. The standard InChI is InChI=1S/C11H10ClF3O3/c1-2-17-8-4-3-5-9(18-11(13,14)15)10(8)7(16)6-12/h3-5H,2,6H2,1H3. The molecule has 3 nitrogen and oxygen atoms in total. The quantitative estimate of drug-likeness (QED) is 0.613. The minimum absolute atomic E-state index is 0.0184. The lowest BCUT2D eigenvalue weighted by atomic mass is 10.1. The first-order valence-electron chi connectivity index (χ1n) is 4.99. The molecule has 0 heterocycles. The molecule has 0 aromatic heterocycles. The molecule has 0 aliphatic carbocycles. The topological polar surface area (TPSA) is 35.5 Å². The Kier molecular flexibility index (Phi) is 4.84. The summed E-state index contributed by atoms with van der Waals surface area (Å²) in [7, 11) is 0. The Bertz CT molecular complexity index is 432. The maximum Gasteiger partial charge on any atom is 0.573 e. The predicted molar refractivity (Wildman–Crippen MR) is 59.3 cm³/mol. The molecule has 0 N–H and O–H groups in total. The summed E-state index contributed by atoms with van der Waals surface area (Å²) in [4.78, 5) is 11.6. The molecule has 0 bridgehead atoms. The fourth-order valence-corrected chi connectivity index (χ4v) is 1.47. The van der Waals surface area contributed by atoms with Crippen LogP contribution in [0, 0.1) is 0 Å². The van der Waals surface area contributed by atoms with Gasteiger partial charge in [0.1, 0.15) is 17.1 Å². The normalized spacial score (nSPS) is 11.2. The number of carbonyl (C=O) groups is 1. The third kappa shape index (κ3) is 3.80. The minimum atomic E-state index is -4.88. The Labute approximate surface area is 106 Å². The molecule has 0 radical (unpaired) electrons. The fourth-order valence-electron chi connectivity index (χ4n) is 1.34. The molecule has 0 amide bonds. The SMILES string of the molecule is CCOc1cccc(OC(F)(F)F)c1C(=O)CCl. The zero-order valence-corrected chi connectivity index (χ0v) is 10.1. The van der Waals surface area contributed by atoms with Gasteiger partial charge < -0.3 is 9.47 Å². The van der Waals surface area contributed by atoms with E-state index >= 15 is 0 Å². The van der Waals surface area contributed by atoms with Gasteiger partial charge in [-0.05, 0) is 19.1 Å². The number of benzene rings is 1. The lowest BCUT2D eigenvalue weighted by molar-refractivity contribution is -0.274. The van der Waals surface area contributed by atoms with E-state index in [1.165, 1.54) is 12.1 Å². The van der Waals surface area contributed by atoms with Crippen LogP contribution in [-0.4, -0.2) is 24.6 Å². The van der Waals surface area contributed by atoms with Gasteiger partial charge in [0.15, 0.2) is 5.78 Å². The fraction of sp³-hybridized carbons (Fsp3) is 0.364. The van der Waals surface area contributed by atoms with Gasteiger partial charge in [0.2, 0.25) is 0 Å². The van der Waals surface area contributed by atoms with Crippen LogP contribution in [0.3, 0.4) is 0 Å². The molecule has 7 heteroatoms. The van der Waals surface area contributed by atoms with E-state index in [4.69, 9.17) is 16.3 Å². The van der Waals surface area contributed by atoms with Gasteiger partial charge in [-0.1, -0.05) is 6.07 Å². The van der Waals surface area contributed by atoms with Gasteiger partial charge in [-0.25, -0.2) is 0 Å². The number of halogens is 4. The smallest absolute Gasteiger partial charge is 0.493 e. The first-order valence-corrected chi connectivity index (χ1v) is 5.53. The molecule has 0 unspecified atom stereocenters. The maximum absolute atomic E-state index is 12.2. The van der Waals surface area contributed by atoms with Crippen molar-refractivity contribution in [2.24, 2.45) is 0 Å². The van der Waals surface area contributed by atoms with Crippen LogP contribution < -0.4 is 9.47 Å². The highest BCUT2D eigenvalue weighted by atomic mass is 35.5. The largest absolute Gasteiger partial charge is 0.573 e. The Morgan fingerprint density at radius 3 is 2.44 bits per heavy atom. The average Bonchev–Trinajstić information content (AvgIpc) is 2.27. The van der Waals surface area contributed by atoms with E-state index in [0.717, 1.165) is 6.07 Å². The summed E-state index contributed by atoms with van der Waals surface area (Å²) in [6.45, 7) is 1.85. The molecule has 100 valence electrons. The van der Waals surface area contributed by atoms with E-state index in [0.29, 0.717) is 0 Å². The van der Waals surface area contributed by atoms with Crippen molar-refractivity contribution in [3.05, 3.63) is 23.8 Å². The predicted octanol–water partition coefficient (Wildman–Crippen LogP) is 3.41. The first-order chi connectivity index (χ1) is 8.39. The Hall–Kier alpha value is -1.43. The second-order valence-corrected chi connectivity index (χ2v) is 3.43. The molecule has 0 aliphatic rings. The summed E-state index contributed by atoms with van der Waals surface area (Å²) in [6, 6.07) is 3.72. The average molecular weight is 283 g/mol. The van der Waals surface area contributed by atoms with Crippen LogP contribution in [0.4, 0.5) is 13.2 Å². The Morgan fingerprint density at radius 1 is 1.33 bits per heavy atom. The van der Waals surface area contributed by atoms with Gasteiger partial charge in [0.25, 0.3) is 0 Å². The lowest BCUT2D eigenvalue weighted by Gasteiger charge is -2.15. The highest BCUT2D eigenvalue weighted by molar-refractivity contribution is 6.31. The van der Waals surface area contributed by atoms with Crippen LogP contribution >= 0.6 is 11.6 Å². The van der Waals surface area contributed by atoms with E-state index in [1.54, 1.807) is 6.92 Å². The van der Waals surface area contributed by atoms with Crippen molar-refractivity contribution in [2.45, 2.75) is 13.3 Å². The van der Waals surface area contributed by atoms with Crippen molar-refractivity contribution in [1.82, 2.24) is 0 Å². The van der Waals surface area contributed by atoms with Crippen LogP contribution in [0.2, 0.25) is 0 Å². The molecule has 18 heavy (non-hydrogen) atoms. The van der Waals surface area contributed by atoms with Crippen molar-refractivity contribution >= 4 is 17.4 Å². The van der Waals surface area contributed by atoms with Crippen LogP contribution in [0.5, 0.6) is 11.5 Å². The molecule has 1 aromatic carbocycles. The lowest BCUT2D eigenvalue weighted by Crippen LogP contribution is -2.19. The van der Waals surface area contributed by atoms with E-state index in [-0.39, 0.29) is 17.9 Å². The van der Waals surface area contributed by atoms with Crippen LogP contribution in [0.25, 0.3) is 0 Å².